The molecule has 0 saturated carbocycles. The zero-order chi connectivity index (χ0) is 12.9. The predicted molar refractivity (Wildman–Crippen MR) is 78.8 cm³/mol. The molecule has 0 spiro atoms. The first-order chi connectivity index (χ1) is 8.24. The summed E-state index contributed by atoms with van der Waals surface area (Å²) in [5.74, 6) is 2.00. The van der Waals surface area contributed by atoms with Crippen molar-refractivity contribution in [1.29, 1.82) is 0 Å². The van der Waals surface area contributed by atoms with Gasteiger partial charge in [0, 0.05) is 11.8 Å². The van der Waals surface area contributed by atoms with Crippen LogP contribution in [0.5, 0.6) is 0 Å². The summed E-state index contributed by atoms with van der Waals surface area (Å²) in [5.41, 5.74) is 1.40. The molecule has 0 aliphatic heterocycles. The van der Waals surface area contributed by atoms with Crippen LogP contribution in [-0.2, 0) is 6.42 Å². The fraction of sp³-hybridized carbons (Fsp3) is 0.571. The van der Waals surface area contributed by atoms with Gasteiger partial charge in [0.05, 0.1) is 6.61 Å². The van der Waals surface area contributed by atoms with Gasteiger partial charge in [-0.3, -0.25) is 0 Å². The van der Waals surface area contributed by atoms with Crippen LogP contribution in [0.15, 0.2) is 30.3 Å². The minimum Gasteiger partial charge on any atom is -0.396 e. The molecule has 17 heavy (non-hydrogen) atoms. The predicted octanol–water partition coefficient (Wildman–Crippen LogP) is 2.57. The third-order valence-corrected chi connectivity index (χ3v) is 3.20. The van der Waals surface area contributed by atoms with E-state index in [-0.39, 0.29) is 0 Å². The van der Waals surface area contributed by atoms with Crippen LogP contribution in [0.2, 0.25) is 0 Å². The normalized spacial score (nSPS) is 11.5. The number of aliphatic hydroxyl groups is 1. The SMILES string of the molecule is CCSCCO.CN[C@@H](C)Cc1ccccc1. The molecule has 0 heterocycles. The summed E-state index contributed by atoms with van der Waals surface area (Å²) < 4.78 is 0. The highest BCUT2D eigenvalue weighted by molar-refractivity contribution is 7.99. The van der Waals surface area contributed by atoms with E-state index in [9.17, 15) is 0 Å². The molecule has 0 aliphatic carbocycles. The second-order valence-corrected chi connectivity index (χ2v) is 5.19. The maximum Gasteiger partial charge on any atom is 0.0521 e. The molecule has 2 N–H and O–H groups in total. The Morgan fingerprint density at radius 2 is 1.94 bits per heavy atom. The molecular formula is C14H25NOS. The molecular weight excluding hydrogens is 230 g/mol. The number of thioether (sulfide) groups is 1. The Hall–Kier alpha value is -0.510. The number of hydrogen-bond acceptors (Lipinski definition) is 3. The Bertz CT molecular complexity index is 250. The molecule has 0 aromatic heterocycles. The Balaban J connectivity index is 0.000000366. The monoisotopic (exact) mass is 255 g/mol. The van der Waals surface area contributed by atoms with Crippen LogP contribution in [-0.4, -0.2) is 36.3 Å². The molecule has 98 valence electrons. The summed E-state index contributed by atoms with van der Waals surface area (Å²) in [6.45, 7) is 4.59. The molecule has 0 radical (unpaired) electrons. The first kappa shape index (κ1) is 16.5. The van der Waals surface area contributed by atoms with Gasteiger partial charge in [-0.2, -0.15) is 11.8 Å². The van der Waals surface area contributed by atoms with Gasteiger partial charge in [0.15, 0.2) is 0 Å². The smallest absolute Gasteiger partial charge is 0.0521 e. The van der Waals surface area contributed by atoms with Crippen molar-refractivity contribution in [3.05, 3.63) is 35.9 Å². The highest BCUT2D eigenvalue weighted by atomic mass is 32.2. The minimum absolute atomic E-state index is 0.318. The molecule has 1 atom stereocenters. The van der Waals surface area contributed by atoms with E-state index < -0.39 is 0 Å². The summed E-state index contributed by atoms with van der Waals surface area (Å²) in [4.78, 5) is 0. The van der Waals surface area contributed by atoms with E-state index in [0.717, 1.165) is 17.9 Å². The maximum atomic E-state index is 8.18. The van der Waals surface area contributed by atoms with Crippen LogP contribution in [0.3, 0.4) is 0 Å². The Morgan fingerprint density at radius 1 is 1.29 bits per heavy atom. The van der Waals surface area contributed by atoms with Crippen LogP contribution < -0.4 is 5.32 Å². The average molecular weight is 255 g/mol. The molecule has 0 amide bonds. The lowest BCUT2D eigenvalue weighted by molar-refractivity contribution is 0.322. The molecule has 2 nitrogen and oxygen atoms in total. The van der Waals surface area contributed by atoms with Gasteiger partial charge in [-0.05, 0) is 31.7 Å². The summed E-state index contributed by atoms with van der Waals surface area (Å²) in [6, 6.07) is 11.1. The topological polar surface area (TPSA) is 32.3 Å². The number of nitrogens with one attached hydrogen (secondary N) is 1. The standard InChI is InChI=1S/C10H15N.C4H10OS/c1-9(11-2)8-10-6-4-3-5-7-10;1-2-6-4-3-5/h3-7,9,11H,8H2,1-2H3;5H,2-4H2,1H3/t9-;/m0./s1. The molecule has 1 rings (SSSR count). The number of rotatable bonds is 6. The number of hydrogen-bond donors (Lipinski definition) is 2. The quantitative estimate of drug-likeness (QED) is 0.766. The van der Waals surface area contributed by atoms with E-state index >= 15 is 0 Å². The van der Waals surface area contributed by atoms with E-state index in [1.807, 2.05) is 13.1 Å². The van der Waals surface area contributed by atoms with E-state index in [2.05, 4.69) is 43.4 Å². The van der Waals surface area contributed by atoms with Crippen molar-refractivity contribution in [2.45, 2.75) is 26.3 Å². The van der Waals surface area contributed by atoms with Gasteiger partial charge < -0.3 is 10.4 Å². The molecule has 1 aromatic carbocycles. The van der Waals surface area contributed by atoms with E-state index in [4.69, 9.17) is 5.11 Å². The van der Waals surface area contributed by atoms with E-state index in [0.29, 0.717) is 12.6 Å². The second kappa shape index (κ2) is 12.0. The Kier molecular flexibility index (Phi) is 11.6. The van der Waals surface area contributed by atoms with Gasteiger partial charge in [0.2, 0.25) is 0 Å². The van der Waals surface area contributed by atoms with Crippen molar-refractivity contribution in [2.24, 2.45) is 0 Å². The van der Waals surface area contributed by atoms with Crippen molar-refractivity contribution in [3.8, 4) is 0 Å². The summed E-state index contributed by atoms with van der Waals surface area (Å²) in [7, 11) is 1.99. The van der Waals surface area contributed by atoms with Gasteiger partial charge in [-0.15, -0.1) is 0 Å². The summed E-state index contributed by atoms with van der Waals surface area (Å²) in [6.07, 6.45) is 1.11. The van der Waals surface area contributed by atoms with Crippen molar-refractivity contribution in [1.82, 2.24) is 5.32 Å². The molecule has 0 unspecified atom stereocenters. The molecule has 0 bridgehead atoms. The van der Waals surface area contributed by atoms with E-state index in [1.54, 1.807) is 11.8 Å². The van der Waals surface area contributed by atoms with Gasteiger partial charge in [0.1, 0.15) is 0 Å². The number of aliphatic hydroxyl groups excluding tert-OH is 1. The first-order valence-corrected chi connectivity index (χ1v) is 7.29. The molecule has 0 fully saturated rings. The first-order valence-electron chi connectivity index (χ1n) is 6.14. The maximum absolute atomic E-state index is 8.18. The lowest BCUT2D eigenvalue weighted by Crippen LogP contribution is -2.23. The fourth-order valence-electron chi connectivity index (χ4n) is 1.28. The highest BCUT2D eigenvalue weighted by Crippen LogP contribution is 2.01. The zero-order valence-electron chi connectivity index (χ0n) is 11.1. The molecule has 1 aromatic rings. The van der Waals surface area contributed by atoms with E-state index in [1.165, 1.54) is 5.56 Å². The van der Waals surface area contributed by atoms with Crippen LogP contribution in [0.4, 0.5) is 0 Å². The number of benzene rings is 1. The van der Waals surface area contributed by atoms with Gasteiger partial charge in [-0.25, -0.2) is 0 Å². The van der Waals surface area contributed by atoms with Crippen LogP contribution in [0.1, 0.15) is 19.4 Å². The van der Waals surface area contributed by atoms with Crippen LogP contribution in [0.25, 0.3) is 0 Å². The summed E-state index contributed by atoms with van der Waals surface area (Å²) >= 11 is 1.76. The van der Waals surface area contributed by atoms with Crippen LogP contribution in [0, 0.1) is 0 Å². The van der Waals surface area contributed by atoms with Crippen molar-refractivity contribution in [3.63, 3.8) is 0 Å². The van der Waals surface area contributed by atoms with Crippen molar-refractivity contribution in [2.75, 3.05) is 25.2 Å². The molecule has 3 heteroatoms. The summed E-state index contributed by atoms with van der Waals surface area (Å²) in [5, 5.41) is 11.4. The fourth-order valence-corrected chi connectivity index (χ4v) is 1.70. The minimum atomic E-state index is 0.318. The van der Waals surface area contributed by atoms with Gasteiger partial charge >= 0.3 is 0 Å². The van der Waals surface area contributed by atoms with Crippen molar-refractivity contribution >= 4 is 11.8 Å². The lowest BCUT2D eigenvalue weighted by atomic mass is 10.1. The van der Waals surface area contributed by atoms with Gasteiger partial charge in [-0.1, -0.05) is 37.3 Å². The van der Waals surface area contributed by atoms with Crippen molar-refractivity contribution < 1.29 is 5.11 Å². The molecule has 0 saturated heterocycles. The average Bonchev–Trinajstić information content (AvgIpc) is 2.38. The lowest BCUT2D eigenvalue weighted by Gasteiger charge is -2.08. The third-order valence-electron chi connectivity index (χ3n) is 2.32. The zero-order valence-corrected chi connectivity index (χ0v) is 12.0. The molecule has 0 aliphatic rings. The number of likely N-dealkylation sites (N-methyl/N-ethyl adjacent to an activating group) is 1. The van der Waals surface area contributed by atoms with Gasteiger partial charge in [0.25, 0.3) is 0 Å². The van der Waals surface area contributed by atoms with Crippen LogP contribution >= 0.6 is 11.8 Å². The Morgan fingerprint density at radius 3 is 2.35 bits per heavy atom. The second-order valence-electron chi connectivity index (χ2n) is 3.80. The third kappa shape index (κ3) is 10.4. The highest BCUT2D eigenvalue weighted by Gasteiger charge is 1.97. The Labute approximate surface area is 110 Å². The largest absolute Gasteiger partial charge is 0.396 e.